The molecule has 1 N–H and O–H groups in total. The van der Waals surface area contributed by atoms with Crippen molar-refractivity contribution in [2.45, 2.75) is 18.9 Å². The predicted molar refractivity (Wildman–Crippen MR) is 126 cm³/mol. The highest BCUT2D eigenvalue weighted by atomic mass is 32.1. The number of thiophene rings is 2. The molecular formula is C24H21N3O2S2. The van der Waals surface area contributed by atoms with E-state index in [0.29, 0.717) is 24.2 Å². The van der Waals surface area contributed by atoms with E-state index in [1.54, 1.807) is 11.3 Å². The molecule has 0 atom stereocenters. The van der Waals surface area contributed by atoms with Gasteiger partial charge in [-0.1, -0.05) is 24.3 Å². The first-order valence-electron chi connectivity index (χ1n) is 10.2. The highest BCUT2D eigenvalue weighted by Crippen LogP contribution is 2.29. The number of carbonyl (C=O) groups is 2. The molecule has 0 saturated carbocycles. The number of benzene rings is 1. The summed E-state index contributed by atoms with van der Waals surface area (Å²) in [5, 5.41) is 9.75. The lowest BCUT2D eigenvalue weighted by molar-refractivity contribution is 0.0700. The molecule has 7 heteroatoms. The van der Waals surface area contributed by atoms with Crippen LogP contribution in [0, 0.1) is 0 Å². The second-order valence-electron chi connectivity index (χ2n) is 7.60. The second kappa shape index (κ2) is 8.61. The maximum atomic E-state index is 13.5. The predicted octanol–water partition coefficient (Wildman–Crippen LogP) is 5.06. The van der Waals surface area contributed by atoms with Gasteiger partial charge in [-0.25, -0.2) is 4.98 Å². The molecular weight excluding hydrogens is 426 g/mol. The Bertz CT molecular complexity index is 1210. The maximum Gasteiger partial charge on any atom is 0.254 e. The van der Waals surface area contributed by atoms with Crippen LogP contribution in [0.15, 0.2) is 64.7 Å². The van der Waals surface area contributed by atoms with Crippen molar-refractivity contribution in [2.24, 2.45) is 0 Å². The number of fused-ring (bicyclic) bond motifs is 1. The molecule has 3 aromatic heterocycles. The summed E-state index contributed by atoms with van der Waals surface area (Å²) in [6.07, 6.45) is 1.50. The average molecular weight is 448 g/mol. The number of piperidine rings is 1. The van der Waals surface area contributed by atoms with Crippen LogP contribution in [-0.4, -0.2) is 40.8 Å². The number of nitrogens with one attached hydrogen (secondary N) is 1. The number of amides is 2. The van der Waals surface area contributed by atoms with Gasteiger partial charge in [0, 0.05) is 35.5 Å². The van der Waals surface area contributed by atoms with Crippen LogP contribution in [0.2, 0.25) is 0 Å². The number of carbonyl (C=O) groups excluding carboxylic acids is 2. The average Bonchev–Trinajstić information content (AvgIpc) is 3.53. The molecule has 0 unspecified atom stereocenters. The molecule has 5 nitrogen and oxygen atoms in total. The fourth-order valence-electron chi connectivity index (χ4n) is 3.96. The molecule has 1 aliphatic rings. The molecule has 4 heterocycles. The Balaban J connectivity index is 1.34. The van der Waals surface area contributed by atoms with Gasteiger partial charge in [0.1, 0.15) is 0 Å². The van der Waals surface area contributed by atoms with Crippen LogP contribution in [0.25, 0.3) is 21.5 Å². The van der Waals surface area contributed by atoms with Gasteiger partial charge in [-0.05, 0) is 47.9 Å². The zero-order valence-corrected chi connectivity index (χ0v) is 18.4. The van der Waals surface area contributed by atoms with E-state index in [2.05, 4.69) is 5.32 Å². The number of likely N-dealkylation sites (tertiary alicyclic amines) is 1. The highest BCUT2D eigenvalue weighted by molar-refractivity contribution is 7.13. The summed E-state index contributed by atoms with van der Waals surface area (Å²) in [7, 11) is 0. The molecule has 1 saturated heterocycles. The summed E-state index contributed by atoms with van der Waals surface area (Å²) in [5.74, 6) is -0.00855. The third kappa shape index (κ3) is 4.11. The van der Waals surface area contributed by atoms with Crippen molar-refractivity contribution in [3.63, 3.8) is 0 Å². The van der Waals surface area contributed by atoms with E-state index in [-0.39, 0.29) is 17.9 Å². The third-order valence-electron chi connectivity index (χ3n) is 5.62. The molecule has 4 aromatic rings. The van der Waals surface area contributed by atoms with Gasteiger partial charge in [0.15, 0.2) is 0 Å². The van der Waals surface area contributed by atoms with E-state index < -0.39 is 0 Å². The Morgan fingerprint density at radius 1 is 1.03 bits per heavy atom. The van der Waals surface area contributed by atoms with E-state index in [9.17, 15) is 9.59 Å². The molecule has 0 radical (unpaired) electrons. The molecule has 5 rings (SSSR count). The molecule has 1 fully saturated rings. The molecule has 156 valence electrons. The minimum Gasteiger partial charge on any atom is -0.349 e. The summed E-state index contributed by atoms with van der Waals surface area (Å²) in [5.41, 5.74) is 3.05. The van der Waals surface area contributed by atoms with Crippen LogP contribution in [0.4, 0.5) is 0 Å². The van der Waals surface area contributed by atoms with Crippen LogP contribution >= 0.6 is 22.7 Å². The number of aromatic nitrogens is 1. The van der Waals surface area contributed by atoms with Crippen LogP contribution in [0.5, 0.6) is 0 Å². The van der Waals surface area contributed by atoms with Gasteiger partial charge in [0.2, 0.25) is 0 Å². The van der Waals surface area contributed by atoms with Gasteiger partial charge in [0.25, 0.3) is 11.8 Å². The first-order chi connectivity index (χ1) is 15.2. The van der Waals surface area contributed by atoms with E-state index in [1.165, 1.54) is 11.3 Å². The zero-order valence-electron chi connectivity index (χ0n) is 16.8. The maximum absolute atomic E-state index is 13.5. The van der Waals surface area contributed by atoms with E-state index in [0.717, 1.165) is 34.3 Å². The molecule has 1 aromatic carbocycles. The second-order valence-corrected chi connectivity index (χ2v) is 9.33. The fraction of sp³-hybridized carbons (Fsp3) is 0.208. The van der Waals surface area contributed by atoms with Crippen molar-refractivity contribution in [2.75, 3.05) is 13.1 Å². The van der Waals surface area contributed by atoms with Gasteiger partial charge in [0.05, 0.1) is 21.7 Å². The first-order valence-corrected chi connectivity index (χ1v) is 12.1. The van der Waals surface area contributed by atoms with Crippen molar-refractivity contribution in [1.29, 1.82) is 0 Å². The molecule has 2 amide bonds. The summed E-state index contributed by atoms with van der Waals surface area (Å²) in [6.45, 7) is 1.25. The van der Waals surface area contributed by atoms with Crippen LogP contribution in [0.1, 0.15) is 33.6 Å². The van der Waals surface area contributed by atoms with Crippen molar-refractivity contribution in [3.05, 3.63) is 75.8 Å². The Morgan fingerprint density at radius 2 is 1.87 bits per heavy atom. The largest absolute Gasteiger partial charge is 0.349 e. The normalized spacial score (nSPS) is 14.6. The SMILES string of the molecule is O=C(NC1CCN(C(=O)c2cc(-c3cccs3)nc3ccccc23)CC1)c1ccsc1. The van der Waals surface area contributed by atoms with Crippen molar-refractivity contribution >= 4 is 45.4 Å². The fourth-order valence-corrected chi connectivity index (χ4v) is 5.28. The van der Waals surface area contributed by atoms with Crippen LogP contribution < -0.4 is 5.32 Å². The summed E-state index contributed by atoms with van der Waals surface area (Å²) in [4.78, 5) is 33.5. The monoisotopic (exact) mass is 447 g/mol. The van der Waals surface area contributed by atoms with E-state index in [1.807, 2.05) is 69.6 Å². The topological polar surface area (TPSA) is 62.3 Å². The van der Waals surface area contributed by atoms with Crippen LogP contribution in [0.3, 0.4) is 0 Å². The summed E-state index contributed by atoms with van der Waals surface area (Å²) >= 11 is 3.13. The molecule has 31 heavy (non-hydrogen) atoms. The Labute approximate surface area is 188 Å². The number of rotatable bonds is 4. The number of nitrogens with zero attached hydrogens (tertiary/aromatic N) is 2. The zero-order chi connectivity index (χ0) is 21.2. The molecule has 0 aliphatic carbocycles. The lowest BCUT2D eigenvalue weighted by atomic mass is 10.0. The van der Waals surface area contributed by atoms with Gasteiger partial charge in [-0.2, -0.15) is 11.3 Å². The number of para-hydroxylation sites is 1. The summed E-state index contributed by atoms with van der Waals surface area (Å²) in [6, 6.07) is 15.7. The summed E-state index contributed by atoms with van der Waals surface area (Å²) < 4.78 is 0. The lowest BCUT2D eigenvalue weighted by Crippen LogP contribution is -2.46. The number of hydrogen-bond acceptors (Lipinski definition) is 5. The standard InChI is InChI=1S/C24H21N3O2S2/c28-23(16-9-13-30-15-16)25-17-7-10-27(11-8-17)24(29)19-14-21(22-6-3-12-31-22)26-20-5-2-1-4-18(19)20/h1-6,9,12-15,17H,7-8,10-11H2,(H,25,28). The van der Waals surface area contributed by atoms with Gasteiger partial charge in [-0.3, -0.25) is 9.59 Å². The van der Waals surface area contributed by atoms with E-state index >= 15 is 0 Å². The minimum absolute atomic E-state index is 0.0269. The van der Waals surface area contributed by atoms with Crippen molar-refractivity contribution in [3.8, 4) is 10.6 Å². The minimum atomic E-state index is -0.0354. The van der Waals surface area contributed by atoms with Gasteiger partial charge < -0.3 is 10.2 Å². The Hall–Kier alpha value is -3.03. The van der Waals surface area contributed by atoms with E-state index in [4.69, 9.17) is 4.98 Å². The Morgan fingerprint density at radius 3 is 2.61 bits per heavy atom. The molecule has 1 aliphatic heterocycles. The quantitative estimate of drug-likeness (QED) is 0.476. The van der Waals surface area contributed by atoms with Crippen LogP contribution in [-0.2, 0) is 0 Å². The van der Waals surface area contributed by atoms with Gasteiger partial charge in [-0.15, -0.1) is 11.3 Å². The Kier molecular flexibility index (Phi) is 5.53. The lowest BCUT2D eigenvalue weighted by Gasteiger charge is -2.32. The highest BCUT2D eigenvalue weighted by Gasteiger charge is 2.26. The van der Waals surface area contributed by atoms with Crippen molar-refractivity contribution < 1.29 is 9.59 Å². The smallest absolute Gasteiger partial charge is 0.254 e. The van der Waals surface area contributed by atoms with Crippen molar-refractivity contribution in [1.82, 2.24) is 15.2 Å². The third-order valence-corrected chi connectivity index (χ3v) is 7.20. The molecule has 0 spiro atoms. The molecule has 0 bridgehead atoms. The number of pyridine rings is 1. The number of hydrogen-bond donors (Lipinski definition) is 1. The first kappa shape index (κ1) is 19.9. The van der Waals surface area contributed by atoms with Gasteiger partial charge >= 0.3 is 0 Å².